The number of aromatic nitrogens is 2. The standard InChI is InChI=1S/C11H13N3O6S/c1-11(2)5-4-12-9(21(3,19)20)13-6(5)7(8(15)16)14(11)10(17)18/h4,7H,1-3H3,(H,15,16)(H,17,18). The number of nitrogens with zero attached hydrogens (tertiary/aromatic N) is 3. The van der Waals surface area contributed by atoms with Crippen LogP contribution in [0.2, 0.25) is 0 Å². The maximum atomic E-state index is 11.5. The van der Waals surface area contributed by atoms with Crippen LogP contribution < -0.4 is 0 Å². The van der Waals surface area contributed by atoms with Crippen molar-refractivity contribution in [3.63, 3.8) is 0 Å². The number of hydrogen-bond donors (Lipinski definition) is 2. The average Bonchev–Trinajstić information content (AvgIpc) is 2.56. The quantitative estimate of drug-likeness (QED) is 0.740. The zero-order valence-electron chi connectivity index (χ0n) is 11.4. The molecule has 0 aromatic carbocycles. The Morgan fingerprint density at radius 3 is 2.33 bits per heavy atom. The summed E-state index contributed by atoms with van der Waals surface area (Å²) in [5, 5.41) is 18.0. The maximum Gasteiger partial charge on any atom is 0.409 e. The second kappa shape index (κ2) is 4.38. The van der Waals surface area contributed by atoms with Gasteiger partial charge in [0, 0.05) is 18.0 Å². The van der Waals surface area contributed by atoms with E-state index in [4.69, 9.17) is 0 Å². The highest BCUT2D eigenvalue weighted by Crippen LogP contribution is 2.45. The van der Waals surface area contributed by atoms with E-state index in [1.54, 1.807) is 0 Å². The van der Waals surface area contributed by atoms with E-state index in [0.29, 0.717) is 0 Å². The van der Waals surface area contributed by atoms with E-state index < -0.39 is 38.6 Å². The predicted octanol–water partition coefficient (Wildman–Crippen LogP) is 0.234. The van der Waals surface area contributed by atoms with Crippen molar-refractivity contribution in [3.8, 4) is 0 Å². The molecule has 0 saturated heterocycles. The van der Waals surface area contributed by atoms with Crippen LogP contribution in [0.5, 0.6) is 0 Å². The summed E-state index contributed by atoms with van der Waals surface area (Å²) in [4.78, 5) is 31.0. The van der Waals surface area contributed by atoms with E-state index in [2.05, 4.69) is 9.97 Å². The third-order valence-electron chi connectivity index (χ3n) is 3.35. The third-order valence-corrected chi connectivity index (χ3v) is 4.21. The number of sulfone groups is 1. The van der Waals surface area contributed by atoms with Crippen LogP contribution >= 0.6 is 0 Å². The minimum Gasteiger partial charge on any atom is -0.479 e. The SMILES string of the molecule is CC1(C)c2cnc(S(C)(=O)=O)nc2C(C(=O)O)N1C(=O)O. The van der Waals surface area contributed by atoms with Crippen LogP contribution in [0.15, 0.2) is 11.4 Å². The first kappa shape index (κ1) is 15.2. The van der Waals surface area contributed by atoms with Gasteiger partial charge < -0.3 is 10.2 Å². The van der Waals surface area contributed by atoms with Gasteiger partial charge in [-0.1, -0.05) is 0 Å². The van der Waals surface area contributed by atoms with Crippen molar-refractivity contribution in [1.29, 1.82) is 0 Å². The van der Waals surface area contributed by atoms with E-state index in [1.165, 1.54) is 13.8 Å². The fourth-order valence-electron chi connectivity index (χ4n) is 2.39. The van der Waals surface area contributed by atoms with E-state index in [1.807, 2.05) is 0 Å². The van der Waals surface area contributed by atoms with E-state index in [0.717, 1.165) is 17.4 Å². The molecule has 0 saturated carbocycles. The van der Waals surface area contributed by atoms with Crippen LogP contribution in [-0.4, -0.2) is 51.8 Å². The molecule has 1 aliphatic rings. The maximum absolute atomic E-state index is 11.5. The summed E-state index contributed by atoms with van der Waals surface area (Å²) in [7, 11) is -3.73. The largest absolute Gasteiger partial charge is 0.479 e. The molecule has 21 heavy (non-hydrogen) atoms. The van der Waals surface area contributed by atoms with E-state index in [9.17, 15) is 28.2 Å². The molecule has 0 radical (unpaired) electrons. The highest BCUT2D eigenvalue weighted by Gasteiger charge is 2.52. The lowest BCUT2D eigenvalue weighted by Gasteiger charge is -2.31. The summed E-state index contributed by atoms with van der Waals surface area (Å²) in [5.41, 5.74) is -1.03. The molecule has 0 aliphatic carbocycles. The van der Waals surface area contributed by atoms with Crippen molar-refractivity contribution in [1.82, 2.24) is 14.9 Å². The molecule has 1 aromatic heterocycles. The van der Waals surface area contributed by atoms with Gasteiger partial charge in [0.15, 0.2) is 6.04 Å². The topological polar surface area (TPSA) is 138 Å². The lowest BCUT2D eigenvalue weighted by molar-refractivity contribution is -0.144. The molecular weight excluding hydrogens is 302 g/mol. The van der Waals surface area contributed by atoms with Gasteiger partial charge in [0.1, 0.15) is 0 Å². The van der Waals surface area contributed by atoms with Crippen LogP contribution in [0.4, 0.5) is 4.79 Å². The first-order valence-corrected chi connectivity index (χ1v) is 7.69. The Kier molecular flexibility index (Phi) is 3.16. The number of hydrogen-bond acceptors (Lipinski definition) is 6. The van der Waals surface area contributed by atoms with Crippen molar-refractivity contribution in [2.24, 2.45) is 0 Å². The number of carboxylic acid groups (broad SMARTS) is 2. The Morgan fingerprint density at radius 1 is 1.33 bits per heavy atom. The first-order valence-electron chi connectivity index (χ1n) is 5.80. The fraction of sp³-hybridized carbons (Fsp3) is 0.455. The molecule has 2 heterocycles. The summed E-state index contributed by atoms with van der Waals surface area (Å²) in [6, 6.07) is -1.57. The van der Waals surface area contributed by atoms with Gasteiger partial charge in [0.05, 0.1) is 11.2 Å². The summed E-state index contributed by atoms with van der Waals surface area (Å²) in [6.45, 7) is 3.01. The first-order chi connectivity index (χ1) is 9.48. The van der Waals surface area contributed by atoms with Gasteiger partial charge in [-0.2, -0.15) is 0 Å². The minimum atomic E-state index is -3.73. The smallest absolute Gasteiger partial charge is 0.409 e. The van der Waals surface area contributed by atoms with Gasteiger partial charge in [-0.3, -0.25) is 4.90 Å². The molecule has 1 amide bonds. The highest BCUT2D eigenvalue weighted by molar-refractivity contribution is 7.90. The Labute approximate surface area is 120 Å². The van der Waals surface area contributed by atoms with Crippen molar-refractivity contribution >= 4 is 21.9 Å². The molecule has 0 spiro atoms. The third kappa shape index (κ3) is 2.20. The van der Waals surface area contributed by atoms with Crippen LogP contribution in [0, 0.1) is 0 Å². The molecule has 114 valence electrons. The fourth-order valence-corrected chi connectivity index (χ4v) is 2.90. The molecule has 0 bridgehead atoms. The predicted molar refractivity (Wildman–Crippen MR) is 68.4 cm³/mol. The van der Waals surface area contributed by atoms with Gasteiger partial charge in [0.2, 0.25) is 15.0 Å². The second-order valence-corrected chi connectivity index (χ2v) is 7.09. The summed E-state index contributed by atoms with van der Waals surface area (Å²) < 4.78 is 23.0. The number of rotatable bonds is 2. The summed E-state index contributed by atoms with van der Waals surface area (Å²) in [6.07, 6.45) is 0.614. The molecule has 2 rings (SSSR count). The van der Waals surface area contributed by atoms with Crippen molar-refractivity contribution < 1.29 is 28.2 Å². The molecule has 1 unspecified atom stereocenters. The molecule has 10 heteroatoms. The van der Waals surface area contributed by atoms with Crippen LogP contribution in [-0.2, 0) is 20.2 Å². The molecule has 1 aromatic rings. The average molecular weight is 315 g/mol. The number of carboxylic acids is 1. The number of amides is 1. The van der Waals surface area contributed by atoms with E-state index >= 15 is 0 Å². The summed E-state index contributed by atoms with van der Waals surface area (Å²) in [5.74, 6) is -1.43. The van der Waals surface area contributed by atoms with Gasteiger partial charge in [0.25, 0.3) is 0 Å². The molecule has 0 fully saturated rings. The van der Waals surface area contributed by atoms with Crippen molar-refractivity contribution in [2.45, 2.75) is 30.6 Å². The molecular formula is C11H13N3O6S. The highest BCUT2D eigenvalue weighted by atomic mass is 32.2. The lowest BCUT2D eigenvalue weighted by atomic mass is 9.98. The lowest BCUT2D eigenvalue weighted by Crippen LogP contribution is -2.43. The Hall–Kier alpha value is -2.23. The van der Waals surface area contributed by atoms with Gasteiger partial charge in [-0.05, 0) is 13.8 Å². The monoisotopic (exact) mass is 315 g/mol. The van der Waals surface area contributed by atoms with Gasteiger partial charge >= 0.3 is 12.1 Å². The molecule has 1 atom stereocenters. The van der Waals surface area contributed by atoms with Crippen LogP contribution in [0.25, 0.3) is 0 Å². The summed E-state index contributed by atoms with van der Waals surface area (Å²) >= 11 is 0. The zero-order valence-corrected chi connectivity index (χ0v) is 12.2. The minimum absolute atomic E-state index is 0.120. The Bertz CT molecular complexity index is 742. The van der Waals surface area contributed by atoms with Crippen molar-refractivity contribution in [3.05, 3.63) is 17.5 Å². The van der Waals surface area contributed by atoms with Crippen LogP contribution in [0.1, 0.15) is 31.1 Å². The van der Waals surface area contributed by atoms with E-state index in [-0.39, 0.29) is 11.3 Å². The van der Waals surface area contributed by atoms with Crippen molar-refractivity contribution in [2.75, 3.05) is 6.26 Å². The number of carbonyl (C=O) groups is 2. The normalized spacial score (nSPS) is 20.1. The number of fused-ring (bicyclic) bond motifs is 1. The molecule has 1 aliphatic heterocycles. The second-order valence-electron chi connectivity index (χ2n) is 5.18. The zero-order chi connectivity index (χ0) is 16.2. The van der Waals surface area contributed by atoms with Crippen LogP contribution in [0.3, 0.4) is 0 Å². The Morgan fingerprint density at radius 2 is 1.90 bits per heavy atom. The van der Waals surface area contributed by atoms with Gasteiger partial charge in [-0.25, -0.2) is 28.0 Å². The molecule has 2 N–H and O–H groups in total. The van der Waals surface area contributed by atoms with Gasteiger partial charge in [-0.15, -0.1) is 0 Å². The Balaban J connectivity index is 2.76. The number of aliphatic carboxylic acids is 1. The molecule has 9 nitrogen and oxygen atoms in total.